The highest BCUT2D eigenvalue weighted by molar-refractivity contribution is 5.70. The summed E-state index contributed by atoms with van der Waals surface area (Å²) < 4.78 is 10.6. The zero-order valence-corrected chi connectivity index (χ0v) is 33.4. The molecule has 0 saturated carbocycles. The molecule has 0 aromatic rings. The number of ether oxygens (including phenoxy) is 2. The van der Waals surface area contributed by atoms with Gasteiger partial charge in [-0.05, 0) is 44.9 Å². The Hall–Kier alpha value is -1.62. The van der Waals surface area contributed by atoms with E-state index in [0.717, 1.165) is 44.9 Å². The zero-order chi connectivity index (χ0) is 36.4. The first-order valence-corrected chi connectivity index (χ1v) is 21.9. The summed E-state index contributed by atoms with van der Waals surface area (Å²) in [6.45, 7) is 4.14. The molecule has 0 spiro atoms. The number of carbonyl (C=O) groups is 2. The fourth-order valence-corrected chi connectivity index (χ4v) is 6.41. The Morgan fingerprint density at radius 3 is 1.18 bits per heavy atom. The van der Waals surface area contributed by atoms with Gasteiger partial charge >= 0.3 is 11.9 Å². The molecule has 0 rings (SSSR count). The van der Waals surface area contributed by atoms with Crippen molar-refractivity contribution in [2.75, 3.05) is 13.2 Å². The third-order valence-corrected chi connectivity index (χ3v) is 9.75. The maximum Gasteiger partial charge on any atom is 0.306 e. The van der Waals surface area contributed by atoms with E-state index in [1.165, 1.54) is 161 Å². The average molecular weight is 705 g/mol. The first-order valence-electron chi connectivity index (χ1n) is 21.9. The summed E-state index contributed by atoms with van der Waals surface area (Å²) in [6, 6.07) is 0. The van der Waals surface area contributed by atoms with Gasteiger partial charge < -0.3 is 14.6 Å². The van der Waals surface area contributed by atoms with Gasteiger partial charge in [-0.15, -0.1) is 0 Å². The van der Waals surface area contributed by atoms with Gasteiger partial charge in [0.25, 0.3) is 0 Å². The number of carbonyl (C=O) groups excluding carboxylic acids is 2. The molecule has 294 valence electrons. The van der Waals surface area contributed by atoms with E-state index in [2.05, 4.69) is 38.2 Å². The van der Waals surface area contributed by atoms with E-state index in [9.17, 15) is 14.7 Å². The van der Waals surface area contributed by atoms with E-state index in [1.807, 2.05) is 0 Å². The maximum atomic E-state index is 12.2. The summed E-state index contributed by atoms with van der Waals surface area (Å²) in [5, 5.41) is 9.57. The first kappa shape index (κ1) is 48.4. The largest absolute Gasteiger partial charge is 0.462 e. The average Bonchev–Trinajstić information content (AvgIpc) is 3.12. The Morgan fingerprint density at radius 1 is 0.460 bits per heavy atom. The molecule has 0 saturated heterocycles. The van der Waals surface area contributed by atoms with Crippen molar-refractivity contribution >= 4 is 11.9 Å². The summed E-state index contributed by atoms with van der Waals surface area (Å²) >= 11 is 0. The number of rotatable bonds is 40. The van der Waals surface area contributed by atoms with Crippen molar-refractivity contribution in [3.05, 3.63) is 24.3 Å². The van der Waals surface area contributed by atoms with Gasteiger partial charge in [-0.25, -0.2) is 0 Å². The van der Waals surface area contributed by atoms with Crippen LogP contribution >= 0.6 is 0 Å². The predicted molar refractivity (Wildman–Crippen MR) is 215 cm³/mol. The maximum absolute atomic E-state index is 12.2. The van der Waals surface area contributed by atoms with E-state index >= 15 is 0 Å². The number of allylic oxidation sites excluding steroid dienone is 4. The quantitative estimate of drug-likeness (QED) is 0.0390. The third-order valence-electron chi connectivity index (χ3n) is 9.75. The molecule has 0 aliphatic rings. The van der Waals surface area contributed by atoms with Crippen LogP contribution in [0.25, 0.3) is 0 Å². The standard InChI is InChI=1S/C45H84O5/c1-3-5-7-9-11-13-15-17-18-19-20-21-22-23-24-25-26-28-30-32-34-36-38-40-45(48)50-43(41-46)42-49-44(47)39-37-35-33-31-29-27-16-14-12-10-8-6-4-2/h15,17,19-20,43,46H,3-14,16,18,21-42H2,1-2H3/b17-15-,20-19-. The lowest BCUT2D eigenvalue weighted by atomic mass is 10.0. The highest BCUT2D eigenvalue weighted by atomic mass is 16.6. The number of hydrogen-bond acceptors (Lipinski definition) is 5. The van der Waals surface area contributed by atoms with E-state index < -0.39 is 6.10 Å². The number of esters is 2. The van der Waals surface area contributed by atoms with E-state index in [4.69, 9.17) is 9.47 Å². The normalized spacial score (nSPS) is 12.3. The molecule has 1 N–H and O–H groups in total. The van der Waals surface area contributed by atoms with Gasteiger partial charge in [-0.1, -0.05) is 199 Å². The molecule has 5 heteroatoms. The molecule has 1 atom stereocenters. The lowest BCUT2D eigenvalue weighted by Gasteiger charge is -2.15. The molecule has 0 amide bonds. The Morgan fingerprint density at radius 2 is 0.800 bits per heavy atom. The van der Waals surface area contributed by atoms with Gasteiger partial charge in [0.15, 0.2) is 6.10 Å². The van der Waals surface area contributed by atoms with Crippen molar-refractivity contribution in [1.82, 2.24) is 0 Å². The van der Waals surface area contributed by atoms with Crippen LogP contribution in [0.4, 0.5) is 0 Å². The molecular weight excluding hydrogens is 620 g/mol. The molecule has 0 fully saturated rings. The first-order chi connectivity index (χ1) is 24.6. The number of aliphatic hydroxyl groups excluding tert-OH is 1. The van der Waals surface area contributed by atoms with Gasteiger partial charge in [0, 0.05) is 12.8 Å². The minimum atomic E-state index is -0.767. The summed E-state index contributed by atoms with van der Waals surface area (Å²) in [7, 11) is 0. The van der Waals surface area contributed by atoms with Crippen molar-refractivity contribution in [2.45, 2.75) is 238 Å². The Balaban J connectivity index is 3.49. The molecule has 50 heavy (non-hydrogen) atoms. The summed E-state index contributed by atoms with van der Waals surface area (Å²) in [6.07, 6.45) is 49.6. The SMILES string of the molecule is CCCCCCC/C=C\C/C=C\CCCCCCCCCCCCCC(=O)OC(CO)COC(=O)CCCCCCCCCCCCCCC. The van der Waals surface area contributed by atoms with Crippen LogP contribution in [0.5, 0.6) is 0 Å². The van der Waals surface area contributed by atoms with Crippen LogP contribution in [0.2, 0.25) is 0 Å². The molecule has 5 nitrogen and oxygen atoms in total. The van der Waals surface area contributed by atoms with Gasteiger partial charge in [-0.3, -0.25) is 9.59 Å². The van der Waals surface area contributed by atoms with Crippen molar-refractivity contribution in [2.24, 2.45) is 0 Å². The van der Waals surface area contributed by atoms with Crippen LogP contribution in [0.1, 0.15) is 232 Å². The molecule has 0 aliphatic heterocycles. The van der Waals surface area contributed by atoms with Gasteiger partial charge in [0.1, 0.15) is 6.61 Å². The van der Waals surface area contributed by atoms with Crippen molar-refractivity contribution < 1.29 is 24.2 Å². The molecule has 0 bridgehead atoms. The molecule has 0 aliphatic carbocycles. The monoisotopic (exact) mass is 705 g/mol. The fourth-order valence-electron chi connectivity index (χ4n) is 6.41. The highest BCUT2D eigenvalue weighted by Crippen LogP contribution is 2.15. The Kier molecular flexibility index (Phi) is 40.4. The highest BCUT2D eigenvalue weighted by Gasteiger charge is 2.16. The van der Waals surface area contributed by atoms with Crippen molar-refractivity contribution in [1.29, 1.82) is 0 Å². The molecule has 0 aromatic heterocycles. The van der Waals surface area contributed by atoms with Crippen LogP contribution in [-0.4, -0.2) is 36.4 Å². The molecule has 0 aromatic carbocycles. The predicted octanol–water partition coefficient (Wildman–Crippen LogP) is 13.8. The molecule has 0 heterocycles. The summed E-state index contributed by atoms with van der Waals surface area (Å²) in [4.78, 5) is 24.3. The van der Waals surface area contributed by atoms with Crippen LogP contribution in [-0.2, 0) is 19.1 Å². The summed E-state index contributed by atoms with van der Waals surface area (Å²) in [5.41, 5.74) is 0. The fraction of sp³-hybridized carbons (Fsp3) is 0.867. The minimum Gasteiger partial charge on any atom is -0.462 e. The van der Waals surface area contributed by atoms with E-state index in [-0.39, 0.29) is 25.2 Å². The van der Waals surface area contributed by atoms with Crippen LogP contribution in [0.3, 0.4) is 0 Å². The second-order valence-corrected chi connectivity index (χ2v) is 14.8. The molecular formula is C45H84O5. The van der Waals surface area contributed by atoms with Gasteiger partial charge in [0.2, 0.25) is 0 Å². The third kappa shape index (κ3) is 39.2. The lowest BCUT2D eigenvalue weighted by molar-refractivity contribution is -0.161. The summed E-state index contributed by atoms with van der Waals surface area (Å²) in [5.74, 6) is -0.583. The molecule has 1 unspecified atom stereocenters. The van der Waals surface area contributed by atoms with Crippen LogP contribution in [0, 0.1) is 0 Å². The molecule has 0 radical (unpaired) electrons. The van der Waals surface area contributed by atoms with E-state index in [0.29, 0.717) is 12.8 Å². The number of hydrogen-bond donors (Lipinski definition) is 1. The Bertz CT molecular complexity index is 761. The van der Waals surface area contributed by atoms with Gasteiger partial charge in [-0.2, -0.15) is 0 Å². The number of aliphatic hydroxyl groups is 1. The zero-order valence-electron chi connectivity index (χ0n) is 33.4. The second-order valence-electron chi connectivity index (χ2n) is 14.8. The lowest BCUT2D eigenvalue weighted by Crippen LogP contribution is -2.28. The van der Waals surface area contributed by atoms with Crippen molar-refractivity contribution in [3.8, 4) is 0 Å². The van der Waals surface area contributed by atoms with E-state index in [1.54, 1.807) is 0 Å². The topological polar surface area (TPSA) is 72.8 Å². The second kappa shape index (κ2) is 41.8. The van der Waals surface area contributed by atoms with Crippen molar-refractivity contribution in [3.63, 3.8) is 0 Å². The number of unbranched alkanes of at least 4 members (excludes halogenated alkanes) is 28. The van der Waals surface area contributed by atoms with Crippen LogP contribution in [0.15, 0.2) is 24.3 Å². The minimum absolute atomic E-state index is 0.0617. The van der Waals surface area contributed by atoms with Crippen LogP contribution < -0.4 is 0 Å². The Labute approximate surface area is 311 Å². The smallest absolute Gasteiger partial charge is 0.306 e. The van der Waals surface area contributed by atoms with Gasteiger partial charge in [0.05, 0.1) is 6.61 Å².